The summed E-state index contributed by atoms with van der Waals surface area (Å²) in [5.74, 6) is -3.53. The molecule has 0 bridgehead atoms. The summed E-state index contributed by atoms with van der Waals surface area (Å²) in [5.41, 5.74) is -1.06. The molecule has 0 aromatic heterocycles. The highest BCUT2D eigenvalue weighted by Gasteiger charge is 2.48. The summed E-state index contributed by atoms with van der Waals surface area (Å²) in [6.45, 7) is 0. The number of piperazine rings is 1. The molecule has 0 aromatic rings. The molecule has 4 unspecified atom stereocenters. The van der Waals surface area contributed by atoms with Crippen LogP contribution in [0.1, 0.15) is 0 Å². The number of rotatable bonds is 1. The molecular formula is C10H9F2N5O4. The molecule has 2 aliphatic heterocycles. The monoisotopic (exact) mass is 301 g/mol. The molecule has 2 heterocycles. The van der Waals surface area contributed by atoms with Crippen LogP contribution in [0.3, 0.4) is 0 Å². The van der Waals surface area contributed by atoms with Crippen molar-refractivity contribution >= 4 is 0 Å². The Kier molecular flexibility index (Phi) is 2.95. The topological polar surface area (TPSA) is 132 Å². The van der Waals surface area contributed by atoms with Gasteiger partial charge >= 0.3 is 5.70 Å². The molecule has 3 rings (SSSR count). The molecule has 21 heavy (non-hydrogen) atoms. The van der Waals surface area contributed by atoms with Crippen LogP contribution < -0.4 is 10.6 Å². The highest BCUT2D eigenvalue weighted by Crippen LogP contribution is 2.33. The van der Waals surface area contributed by atoms with E-state index in [1.807, 2.05) is 0 Å². The third-order valence-electron chi connectivity index (χ3n) is 3.41. The highest BCUT2D eigenvalue weighted by atomic mass is 19.2. The van der Waals surface area contributed by atoms with E-state index >= 15 is 0 Å². The van der Waals surface area contributed by atoms with E-state index in [-0.39, 0.29) is 5.70 Å². The normalized spacial score (nSPS) is 34.9. The maximum absolute atomic E-state index is 13.6. The Morgan fingerprint density at radius 2 is 2.10 bits per heavy atom. The third kappa shape index (κ3) is 1.97. The molecule has 4 N–H and O–H groups in total. The smallest absolute Gasteiger partial charge is 0.308 e. The molecule has 1 aliphatic carbocycles. The Morgan fingerprint density at radius 1 is 1.38 bits per heavy atom. The van der Waals surface area contributed by atoms with E-state index in [9.17, 15) is 29.1 Å². The lowest BCUT2D eigenvalue weighted by atomic mass is 9.92. The van der Waals surface area contributed by atoms with Gasteiger partial charge in [0.1, 0.15) is 12.1 Å². The fourth-order valence-corrected chi connectivity index (χ4v) is 2.47. The molecule has 0 amide bonds. The molecule has 0 radical (unpaired) electrons. The van der Waals surface area contributed by atoms with Gasteiger partial charge in [-0.05, 0) is 6.08 Å². The zero-order valence-electron chi connectivity index (χ0n) is 10.2. The van der Waals surface area contributed by atoms with Gasteiger partial charge in [-0.1, -0.05) is 0 Å². The van der Waals surface area contributed by atoms with E-state index in [0.717, 1.165) is 6.08 Å². The lowest BCUT2D eigenvalue weighted by Crippen LogP contribution is -2.64. The highest BCUT2D eigenvalue weighted by molar-refractivity contribution is 5.38. The molecule has 1 saturated heterocycles. The summed E-state index contributed by atoms with van der Waals surface area (Å²) in [6.07, 6.45) is -0.539. The van der Waals surface area contributed by atoms with Crippen LogP contribution in [0, 0.1) is 10.1 Å². The second kappa shape index (κ2) is 4.56. The van der Waals surface area contributed by atoms with Crippen LogP contribution in [-0.2, 0) is 0 Å². The molecule has 9 nitrogen and oxygen atoms in total. The molecule has 1 fully saturated rings. The molecule has 112 valence electrons. The predicted molar refractivity (Wildman–Crippen MR) is 62.5 cm³/mol. The third-order valence-corrected chi connectivity index (χ3v) is 3.41. The quantitative estimate of drug-likeness (QED) is 0.402. The summed E-state index contributed by atoms with van der Waals surface area (Å²) in [4.78, 5) is 9.91. The van der Waals surface area contributed by atoms with Gasteiger partial charge in [0.2, 0.25) is 5.83 Å². The summed E-state index contributed by atoms with van der Waals surface area (Å²) in [6, 6.07) is -3.20. The maximum atomic E-state index is 13.6. The van der Waals surface area contributed by atoms with Gasteiger partial charge in [0, 0.05) is 0 Å². The number of hydrogen-bond donors (Lipinski definition) is 4. The molecule has 0 aromatic carbocycles. The second-order valence-corrected chi connectivity index (χ2v) is 4.63. The van der Waals surface area contributed by atoms with Crippen molar-refractivity contribution < 1.29 is 23.9 Å². The zero-order valence-corrected chi connectivity index (χ0v) is 10.2. The molecular weight excluding hydrogens is 292 g/mol. The largest absolute Gasteiger partial charge is 0.491 e. The number of fused-ring (bicyclic) bond motifs is 2. The first kappa shape index (κ1) is 13.6. The molecule has 3 aliphatic rings. The van der Waals surface area contributed by atoms with Gasteiger partial charge in [0.25, 0.3) is 5.88 Å². The minimum absolute atomic E-state index is 0.0680. The molecule has 11 heteroatoms. The van der Waals surface area contributed by atoms with Gasteiger partial charge in [0.05, 0.1) is 16.7 Å². The van der Waals surface area contributed by atoms with Crippen LogP contribution >= 0.6 is 0 Å². The number of aliphatic hydroxyl groups excluding tert-OH is 2. The van der Waals surface area contributed by atoms with Crippen molar-refractivity contribution in [3.63, 3.8) is 0 Å². The minimum Gasteiger partial charge on any atom is -0.491 e. The first-order valence-electron chi connectivity index (χ1n) is 5.86. The van der Waals surface area contributed by atoms with E-state index < -0.39 is 52.5 Å². The number of allylic oxidation sites excluding steroid dienone is 2. The van der Waals surface area contributed by atoms with Crippen LogP contribution in [0.25, 0.3) is 0 Å². The van der Waals surface area contributed by atoms with E-state index in [2.05, 4.69) is 20.9 Å². The number of nitrogens with one attached hydrogen (secondary N) is 2. The van der Waals surface area contributed by atoms with E-state index in [4.69, 9.17) is 0 Å². The Bertz CT molecular complexity index is 643. The standard InChI is InChI=1S/C10H9F2N5O4/c11-2-1-3-5(8(4(2)12)17(20)21)14-7-6(13-3)9(18)15-16-10(7)19/h1,3,5-6,9,13-14,18-19H. The fourth-order valence-electron chi connectivity index (χ4n) is 2.47. The molecule has 0 saturated carbocycles. The van der Waals surface area contributed by atoms with Crippen molar-refractivity contribution in [2.75, 3.05) is 0 Å². The summed E-state index contributed by atoms with van der Waals surface area (Å²) >= 11 is 0. The van der Waals surface area contributed by atoms with Gasteiger partial charge in [-0.25, -0.2) is 4.39 Å². The lowest BCUT2D eigenvalue weighted by molar-refractivity contribution is -0.433. The van der Waals surface area contributed by atoms with Crippen molar-refractivity contribution in [2.24, 2.45) is 10.2 Å². The molecule has 0 spiro atoms. The summed E-state index contributed by atoms with van der Waals surface area (Å²) < 4.78 is 27.1. The molecule has 4 atom stereocenters. The lowest BCUT2D eigenvalue weighted by Gasteiger charge is -2.40. The van der Waals surface area contributed by atoms with E-state index in [1.54, 1.807) is 0 Å². The van der Waals surface area contributed by atoms with Crippen molar-refractivity contribution in [3.05, 3.63) is 45.1 Å². The zero-order chi connectivity index (χ0) is 15.3. The second-order valence-electron chi connectivity index (χ2n) is 4.63. The Labute approximate surface area is 115 Å². The number of nitrogens with zero attached hydrogens (tertiary/aromatic N) is 3. The van der Waals surface area contributed by atoms with Crippen molar-refractivity contribution in [1.29, 1.82) is 0 Å². The van der Waals surface area contributed by atoms with E-state index in [0.29, 0.717) is 0 Å². The number of aliphatic hydroxyl groups is 2. The first-order chi connectivity index (χ1) is 9.90. The van der Waals surface area contributed by atoms with E-state index in [1.165, 1.54) is 0 Å². The maximum Gasteiger partial charge on any atom is 0.308 e. The van der Waals surface area contributed by atoms with Crippen LogP contribution in [0.15, 0.2) is 45.2 Å². The SMILES string of the molecule is O=[N+]([O-])C1=C(F)C(F)=CC2NC3C(=C(O)N=NC3O)NC12. The van der Waals surface area contributed by atoms with Crippen molar-refractivity contribution in [3.8, 4) is 0 Å². The van der Waals surface area contributed by atoms with Crippen LogP contribution in [0.2, 0.25) is 0 Å². The van der Waals surface area contributed by atoms with Crippen molar-refractivity contribution in [2.45, 2.75) is 24.4 Å². The van der Waals surface area contributed by atoms with Gasteiger partial charge in [-0.3, -0.25) is 15.4 Å². The average Bonchev–Trinajstić information content (AvgIpc) is 2.43. The van der Waals surface area contributed by atoms with Gasteiger partial charge in [-0.15, -0.1) is 5.11 Å². The predicted octanol–water partition coefficient (Wildman–Crippen LogP) is 0.121. The van der Waals surface area contributed by atoms with Gasteiger partial charge in [-0.2, -0.15) is 9.50 Å². The number of azo groups is 1. The Morgan fingerprint density at radius 3 is 2.76 bits per heavy atom. The Hall–Kier alpha value is -2.40. The number of hydrogen-bond acceptors (Lipinski definition) is 8. The Balaban J connectivity index is 2.04. The van der Waals surface area contributed by atoms with Crippen molar-refractivity contribution in [1.82, 2.24) is 10.6 Å². The summed E-state index contributed by atoms with van der Waals surface area (Å²) in [5, 5.41) is 42.0. The minimum atomic E-state index is -1.58. The number of halogens is 2. The van der Waals surface area contributed by atoms with Gasteiger partial charge < -0.3 is 15.5 Å². The summed E-state index contributed by atoms with van der Waals surface area (Å²) in [7, 11) is 0. The number of nitro groups is 1. The van der Waals surface area contributed by atoms with Crippen LogP contribution in [0.4, 0.5) is 8.78 Å². The van der Waals surface area contributed by atoms with Gasteiger partial charge in [0.15, 0.2) is 12.1 Å². The van der Waals surface area contributed by atoms with Crippen LogP contribution in [-0.4, -0.2) is 39.5 Å². The average molecular weight is 301 g/mol. The first-order valence-corrected chi connectivity index (χ1v) is 5.86. The fraction of sp³-hybridized carbons (Fsp3) is 0.400. The van der Waals surface area contributed by atoms with Crippen LogP contribution in [0.5, 0.6) is 0 Å².